The topological polar surface area (TPSA) is 86.3 Å². The minimum Gasteiger partial charge on any atom is -0.264 e. The SMILES string of the molecule is O=[N+]([O-])C1=CC(F)=CC([N+](=O)[O-])C1. The number of allylic oxidation sites excluding steroid dienone is 2. The summed E-state index contributed by atoms with van der Waals surface area (Å²) in [5.41, 5.74) is -0.471. The Labute approximate surface area is 71.7 Å². The number of hydrogen-bond donors (Lipinski definition) is 0. The van der Waals surface area contributed by atoms with Gasteiger partial charge in [-0.1, -0.05) is 0 Å². The Hall–Kier alpha value is -1.79. The second kappa shape index (κ2) is 3.30. The van der Waals surface area contributed by atoms with Gasteiger partial charge in [-0.25, -0.2) is 4.39 Å². The van der Waals surface area contributed by atoms with Crippen LogP contribution in [0.2, 0.25) is 0 Å². The van der Waals surface area contributed by atoms with Crippen molar-refractivity contribution in [2.75, 3.05) is 0 Å². The van der Waals surface area contributed by atoms with Gasteiger partial charge in [-0.3, -0.25) is 20.2 Å². The number of nitrogens with zero attached hydrogens (tertiary/aromatic N) is 2. The lowest BCUT2D eigenvalue weighted by atomic mass is 10.1. The lowest BCUT2D eigenvalue weighted by molar-refractivity contribution is -0.518. The highest BCUT2D eigenvalue weighted by molar-refractivity contribution is 5.21. The van der Waals surface area contributed by atoms with Gasteiger partial charge in [-0.15, -0.1) is 0 Å². The van der Waals surface area contributed by atoms with Crippen molar-refractivity contribution in [3.63, 3.8) is 0 Å². The van der Waals surface area contributed by atoms with Gasteiger partial charge >= 0.3 is 0 Å². The zero-order valence-electron chi connectivity index (χ0n) is 6.34. The summed E-state index contributed by atoms with van der Waals surface area (Å²) in [6.45, 7) is 0. The van der Waals surface area contributed by atoms with Crippen molar-refractivity contribution < 1.29 is 14.2 Å². The number of nitro groups is 2. The lowest BCUT2D eigenvalue weighted by Crippen LogP contribution is -2.22. The van der Waals surface area contributed by atoms with Gasteiger partial charge < -0.3 is 0 Å². The van der Waals surface area contributed by atoms with Crippen LogP contribution in [0.1, 0.15) is 6.42 Å². The number of halogens is 1. The van der Waals surface area contributed by atoms with Gasteiger partial charge in [0.15, 0.2) is 0 Å². The molecule has 0 spiro atoms. The van der Waals surface area contributed by atoms with Crippen LogP contribution in [0, 0.1) is 20.2 Å². The van der Waals surface area contributed by atoms with E-state index in [2.05, 4.69) is 0 Å². The molecule has 0 saturated carbocycles. The van der Waals surface area contributed by atoms with E-state index in [1.165, 1.54) is 0 Å². The average Bonchev–Trinajstić information content (AvgIpc) is 2.03. The van der Waals surface area contributed by atoms with E-state index in [1.807, 2.05) is 0 Å². The molecule has 0 aromatic carbocycles. The van der Waals surface area contributed by atoms with E-state index >= 15 is 0 Å². The van der Waals surface area contributed by atoms with Crippen LogP contribution in [0.3, 0.4) is 0 Å². The van der Waals surface area contributed by atoms with Gasteiger partial charge in [0.05, 0.1) is 4.92 Å². The van der Waals surface area contributed by atoms with Gasteiger partial charge in [-0.05, 0) is 0 Å². The summed E-state index contributed by atoms with van der Waals surface area (Å²) in [5, 5.41) is 20.4. The third kappa shape index (κ3) is 2.08. The molecule has 0 aromatic rings. The van der Waals surface area contributed by atoms with Crippen molar-refractivity contribution >= 4 is 0 Å². The van der Waals surface area contributed by atoms with E-state index in [1.54, 1.807) is 0 Å². The van der Waals surface area contributed by atoms with Gasteiger partial charge in [0.25, 0.3) is 5.70 Å². The minimum atomic E-state index is -1.33. The van der Waals surface area contributed by atoms with Gasteiger partial charge in [-0.2, -0.15) is 0 Å². The van der Waals surface area contributed by atoms with E-state index in [0.717, 1.165) is 6.08 Å². The zero-order chi connectivity index (χ0) is 10.0. The highest BCUT2D eigenvalue weighted by Gasteiger charge is 2.30. The second-order valence-electron chi connectivity index (χ2n) is 2.50. The van der Waals surface area contributed by atoms with Gasteiger partial charge in [0.2, 0.25) is 6.04 Å². The molecule has 7 heteroatoms. The van der Waals surface area contributed by atoms with Crippen LogP contribution >= 0.6 is 0 Å². The standard InChI is InChI=1S/C6H5FN2O4/c7-4-1-5(8(10)11)3-6(2-4)9(12)13/h1-2,5H,3H2. The maximum atomic E-state index is 12.6. The fraction of sp³-hybridized carbons (Fsp3) is 0.333. The predicted molar refractivity (Wildman–Crippen MR) is 39.7 cm³/mol. The fourth-order valence-corrected chi connectivity index (χ4v) is 0.986. The summed E-state index contributed by atoms with van der Waals surface area (Å²) in [4.78, 5) is 18.8. The second-order valence-corrected chi connectivity index (χ2v) is 2.50. The first-order valence-corrected chi connectivity index (χ1v) is 3.36. The molecule has 1 aliphatic carbocycles. The summed E-state index contributed by atoms with van der Waals surface area (Å²) in [5.74, 6) is -0.931. The van der Waals surface area contributed by atoms with Crippen molar-refractivity contribution in [3.8, 4) is 0 Å². The Balaban J connectivity index is 2.90. The Bertz CT molecular complexity index is 323. The highest BCUT2D eigenvalue weighted by atomic mass is 19.1. The molecular formula is C6H5FN2O4. The summed E-state index contributed by atoms with van der Waals surface area (Å²) < 4.78 is 12.6. The number of rotatable bonds is 2. The van der Waals surface area contributed by atoms with Crippen molar-refractivity contribution in [3.05, 3.63) is 43.9 Å². The molecule has 0 radical (unpaired) electrons. The molecule has 0 fully saturated rings. The van der Waals surface area contributed by atoms with E-state index in [4.69, 9.17) is 0 Å². The minimum absolute atomic E-state index is 0.368. The van der Waals surface area contributed by atoms with Crippen LogP contribution in [0.4, 0.5) is 4.39 Å². The Morgan fingerprint density at radius 2 is 2.08 bits per heavy atom. The van der Waals surface area contributed by atoms with Crippen LogP contribution in [0.25, 0.3) is 0 Å². The molecular weight excluding hydrogens is 183 g/mol. The van der Waals surface area contributed by atoms with Gasteiger partial charge in [0.1, 0.15) is 12.2 Å². The molecule has 1 rings (SSSR count). The Kier molecular flexibility index (Phi) is 2.36. The van der Waals surface area contributed by atoms with Crippen molar-refractivity contribution in [2.45, 2.75) is 12.5 Å². The molecule has 0 amide bonds. The molecule has 1 aliphatic rings. The van der Waals surface area contributed by atoms with Crippen molar-refractivity contribution in [2.24, 2.45) is 0 Å². The van der Waals surface area contributed by atoms with Gasteiger partial charge in [0, 0.05) is 17.1 Å². The average molecular weight is 188 g/mol. The van der Waals surface area contributed by atoms with Crippen LogP contribution in [-0.4, -0.2) is 15.9 Å². The Morgan fingerprint density at radius 3 is 2.54 bits per heavy atom. The maximum absolute atomic E-state index is 12.6. The summed E-state index contributed by atoms with van der Waals surface area (Å²) >= 11 is 0. The molecule has 0 heterocycles. The third-order valence-corrected chi connectivity index (χ3v) is 1.58. The molecule has 13 heavy (non-hydrogen) atoms. The maximum Gasteiger partial charge on any atom is 0.256 e. The number of hydrogen-bond acceptors (Lipinski definition) is 4. The monoisotopic (exact) mass is 188 g/mol. The summed E-state index contributed by atoms with van der Waals surface area (Å²) in [6, 6.07) is -1.33. The lowest BCUT2D eigenvalue weighted by Gasteiger charge is -2.06. The van der Waals surface area contributed by atoms with Crippen LogP contribution in [0.5, 0.6) is 0 Å². The summed E-state index contributed by atoms with van der Waals surface area (Å²) in [6.07, 6.45) is 1.08. The molecule has 0 aromatic heterocycles. The van der Waals surface area contributed by atoms with E-state index in [9.17, 15) is 24.6 Å². The first kappa shape index (κ1) is 9.30. The van der Waals surface area contributed by atoms with Crippen molar-refractivity contribution in [1.29, 1.82) is 0 Å². The molecule has 1 unspecified atom stereocenters. The zero-order valence-corrected chi connectivity index (χ0v) is 6.34. The molecule has 0 saturated heterocycles. The summed E-state index contributed by atoms with van der Waals surface area (Å²) in [7, 11) is 0. The van der Waals surface area contributed by atoms with Crippen LogP contribution < -0.4 is 0 Å². The largest absolute Gasteiger partial charge is 0.264 e. The quantitative estimate of drug-likeness (QED) is 0.478. The normalized spacial score (nSPS) is 21.8. The molecule has 70 valence electrons. The van der Waals surface area contributed by atoms with Crippen LogP contribution in [-0.2, 0) is 0 Å². The highest BCUT2D eigenvalue weighted by Crippen LogP contribution is 2.20. The molecule has 0 N–H and O–H groups in total. The first-order valence-electron chi connectivity index (χ1n) is 3.36. The van der Waals surface area contributed by atoms with Crippen LogP contribution in [0.15, 0.2) is 23.7 Å². The Morgan fingerprint density at radius 1 is 1.46 bits per heavy atom. The fourth-order valence-electron chi connectivity index (χ4n) is 0.986. The molecule has 1 atom stereocenters. The van der Waals surface area contributed by atoms with Crippen molar-refractivity contribution in [1.82, 2.24) is 0 Å². The molecule has 0 aliphatic heterocycles. The van der Waals surface area contributed by atoms with E-state index in [0.29, 0.717) is 6.08 Å². The van der Waals surface area contributed by atoms with E-state index < -0.39 is 27.4 Å². The smallest absolute Gasteiger partial charge is 0.256 e. The predicted octanol–water partition coefficient (Wildman–Crippen LogP) is 1.05. The van der Waals surface area contributed by atoms with E-state index in [-0.39, 0.29) is 6.42 Å². The third-order valence-electron chi connectivity index (χ3n) is 1.58. The molecule has 6 nitrogen and oxygen atoms in total. The first-order chi connectivity index (χ1) is 6.00. The molecule has 0 bridgehead atoms.